The van der Waals surface area contributed by atoms with Crippen LogP contribution in [0.2, 0.25) is 0 Å². The van der Waals surface area contributed by atoms with Crippen LogP contribution in [-0.2, 0) is 5.41 Å². The lowest BCUT2D eigenvalue weighted by Crippen LogP contribution is -2.26. The van der Waals surface area contributed by atoms with Crippen molar-refractivity contribution in [2.24, 2.45) is 5.73 Å². The van der Waals surface area contributed by atoms with Crippen molar-refractivity contribution in [1.29, 1.82) is 0 Å². The maximum atomic E-state index is 13.4. The van der Waals surface area contributed by atoms with Crippen molar-refractivity contribution < 1.29 is 8.78 Å². The number of fused-ring (bicyclic) bond motifs is 1. The molecule has 0 radical (unpaired) electrons. The molecule has 0 bridgehead atoms. The quantitative estimate of drug-likeness (QED) is 0.876. The second-order valence-electron chi connectivity index (χ2n) is 4.15. The normalized spacial score (nSPS) is 27.2. The second kappa shape index (κ2) is 2.99. The highest BCUT2D eigenvalue weighted by Gasteiger charge is 2.72. The summed E-state index contributed by atoms with van der Waals surface area (Å²) in [5.74, 6) is -2.68. The summed E-state index contributed by atoms with van der Waals surface area (Å²) in [6.45, 7) is -0.0418. The third-order valence-corrected chi connectivity index (χ3v) is 4.39. The summed E-state index contributed by atoms with van der Waals surface area (Å²) in [5, 5.41) is 0.473. The molecule has 1 aromatic carbocycles. The zero-order valence-electron chi connectivity index (χ0n) is 8.41. The van der Waals surface area contributed by atoms with E-state index >= 15 is 0 Å². The number of halogens is 2. The Balaban J connectivity index is 2.13. The van der Waals surface area contributed by atoms with E-state index in [1.807, 2.05) is 24.3 Å². The third-order valence-electron chi connectivity index (χ3n) is 3.15. The Morgan fingerprint density at radius 2 is 2.06 bits per heavy atom. The molecule has 1 atom stereocenters. The van der Waals surface area contributed by atoms with Crippen LogP contribution in [0.4, 0.5) is 8.78 Å². The second-order valence-corrected chi connectivity index (χ2v) is 5.18. The third kappa shape index (κ3) is 1.15. The van der Waals surface area contributed by atoms with Gasteiger partial charge in [0.15, 0.2) is 0 Å². The van der Waals surface area contributed by atoms with Crippen molar-refractivity contribution in [3.05, 3.63) is 29.3 Å². The van der Waals surface area contributed by atoms with Gasteiger partial charge < -0.3 is 5.73 Å². The first kappa shape index (κ1) is 10.1. The first-order valence-electron chi connectivity index (χ1n) is 5.03. The van der Waals surface area contributed by atoms with E-state index in [1.165, 1.54) is 11.3 Å². The molecule has 1 heterocycles. The first-order valence-corrected chi connectivity index (χ1v) is 5.85. The number of thiazole rings is 1. The van der Waals surface area contributed by atoms with E-state index < -0.39 is 11.3 Å². The predicted molar refractivity (Wildman–Crippen MR) is 59.9 cm³/mol. The van der Waals surface area contributed by atoms with Crippen LogP contribution in [-0.4, -0.2) is 17.5 Å². The van der Waals surface area contributed by atoms with Crippen molar-refractivity contribution in [3.63, 3.8) is 0 Å². The van der Waals surface area contributed by atoms with E-state index in [4.69, 9.17) is 5.73 Å². The van der Waals surface area contributed by atoms with Crippen LogP contribution >= 0.6 is 11.3 Å². The van der Waals surface area contributed by atoms with Crippen LogP contribution in [0.15, 0.2) is 24.3 Å². The summed E-state index contributed by atoms with van der Waals surface area (Å²) in [7, 11) is 0. The number of benzene rings is 1. The molecule has 2 aromatic rings. The minimum Gasteiger partial charge on any atom is -0.329 e. The Morgan fingerprint density at radius 1 is 1.38 bits per heavy atom. The summed E-state index contributed by atoms with van der Waals surface area (Å²) < 4.78 is 27.6. The van der Waals surface area contributed by atoms with Gasteiger partial charge >= 0.3 is 0 Å². The average molecular weight is 240 g/mol. The van der Waals surface area contributed by atoms with Crippen LogP contribution in [0, 0.1) is 0 Å². The molecule has 3 rings (SSSR count). The number of aromatic nitrogens is 1. The van der Waals surface area contributed by atoms with E-state index in [2.05, 4.69) is 4.98 Å². The zero-order valence-corrected chi connectivity index (χ0v) is 9.23. The molecule has 84 valence electrons. The standard InChI is InChI=1S/C11H10F2N2S/c12-11(13)5-10(11,6-14)9-15-7-3-1-2-4-8(7)16-9/h1-4H,5-6,14H2. The van der Waals surface area contributed by atoms with Gasteiger partial charge in [-0.1, -0.05) is 12.1 Å². The highest BCUT2D eigenvalue weighted by atomic mass is 32.1. The Labute approximate surface area is 95.1 Å². The molecule has 2 N–H and O–H groups in total. The minimum atomic E-state index is -2.68. The summed E-state index contributed by atoms with van der Waals surface area (Å²) in [4.78, 5) is 4.27. The van der Waals surface area contributed by atoms with Gasteiger partial charge in [-0.3, -0.25) is 0 Å². The highest BCUT2D eigenvalue weighted by molar-refractivity contribution is 7.18. The molecule has 1 fully saturated rings. The van der Waals surface area contributed by atoms with Crippen LogP contribution in [0.3, 0.4) is 0 Å². The largest absolute Gasteiger partial charge is 0.329 e. The predicted octanol–water partition coefficient (Wildman–Crippen LogP) is 2.53. The average Bonchev–Trinajstić information content (AvgIpc) is 2.67. The first-order chi connectivity index (χ1) is 7.59. The van der Waals surface area contributed by atoms with Gasteiger partial charge in [-0.25, -0.2) is 13.8 Å². The Morgan fingerprint density at radius 3 is 2.62 bits per heavy atom. The topological polar surface area (TPSA) is 38.9 Å². The molecule has 5 heteroatoms. The number of alkyl halides is 2. The maximum absolute atomic E-state index is 13.4. The van der Waals surface area contributed by atoms with Gasteiger partial charge in [0, 0.05) is 13.0 Å². The molecular weight excluding hydrogens is 230 g/mol. The van der Waals surface area contributed by atoms with E-state index in [0.29, 0.717) is 5.01 Å². The monoisotopic (exact) mass is 240 g/mol. The molecule has 2 nitrogen and oxygen atoms in total. The number of nitrogens with zero attached hydrogens (tertiary/aromatic N) is 1. The van der Waals surface area contributed by atoms with Gasteiger partial charge in [0.1, 0.15) is 10.4 Å². The molecule has 0 saturated heterocycles. The number of para-hydroxylation sites is 1. The minimum absolute atomic E-state index is 0.0418. The molecule has 1 saturated carbocycles. The van der Waals surface area contributed by atoms with Crippen molar-refractivity contribution in [2.75, 3.05) is 6.54 Å². The lowest BCUT2D eigenvalue weighted by atomic mass is 10.1. The maximum Gasteiger partial charge on any atom is 0.262 e. The summed E-state index contributed by atoms with van der Waals surface area (Å²) in [6.07, 6.45) is -0.170. The van der Waals surface area contributed by atoms with Gasteiger partial charge in [0.25, 0.3) is 5.92 Å². The Bertz CT molecular complexity index is 519. The van der Waals surface area contributed by atoms with Gasteiger partial charge in [0.05, 0.1) is 10.2 Å². The number of nitrogens with two attached hydrogens (primary N) is 1. The van der Waals surface area contributed by atoms with Gasteiger partial charge in [-0.15, -0.1) is 11.3 Å². The van der Waals surface area contributed by atoms with Crippen molar-refractivity contribution in [3.8, 4) is 0 Å². The Kier molecular flexibility index (Phi) is 1.89. The van der Waals surface area contributed by atoms with Gasteiger partial charge in [0.2, 0.25) is 0 Å². The molecule has 1 aromatic heterocycles. The molecule has 0 amide bonds. The van der Waals surface area contributed by atoms with Crippen LogP contribution < -0.4 is 5.73 Å². The fourth-order valence-corrected chi connectivity index (χ4v) is 3.17. The number of rotatable bonds is 2. The van der Waals surface area contributed by atoms with Crippen LogP contribution in [0.5, 0.6) is 0 Å². The SMILES string of the molecule is NCC1(c2nc3ccccc3s2)CC1(F)F. The van der Waals surface area contributed by atoms with Gasteiger partial charge in [-0.05, 0) is 12.1 Å². The summed E-state index contributed by atoms with van der Waals surface area (Å²) in [5.41, 5.74) is 5.06. The van der Waals surface area contributed by atoms with Crippen LogP contribution in [0.1, 0.15) is 11.4 Å². The van der Waals surface area contributed by atoms with Gasteiger partial charge in [-0.2, -0.15) is 0 Å². The van der Waals surface area contributed by atoms with Crippen molar-refractivity contribution in [2.45, 2.75) is 17.8 Å². The summed E-state index contributed by atoms with van der Waals surface area (Å²) >= 11 is 1.32. The molecule has 1 aliphatic carbocycles. The molecule has 1 aliphatic rings. The van der Waals surface area contributed by atoms with E-state index in [1.54, 1.807) is 0 Å². The van der Waals surface area contributed by atoms with Crippen molar-refractivity contribution in [1.82, 2.24) is 4.98 Å². The Hall–Kier alpha value is -1.07. The molecular formula is C11H10F2N2S. The van der Waals surface area contributed by atoms with Crippen molar-refractivity contribution >= 4 is 21.6 Å². The van der Waals surface area contributed by atoms with Crippen LogP contribution in [0.25, 0.3) is 10.2 Å². The smallest absolute Gasteiger partial charge is 0.262 e. The lowest BCUT2D eigenvalue weighted by Gasteiger charge is -2.09. The van der Waals surface area contributed by atoms with E-state index in [9.17, 15) is 8.78 Å². The fourth-order valence-electron chi connectivity index (χ4n) is 1.95. The molecule has 16 heavy (non-hydrogen) atoms. The number of hydrogen-bond donors (Lipinski definition) is 1. The molecule has 0 aliphatic heterocycles. The van der Waals surface area contributed by atoms with E-state index in [0.717, 1.165) is 10.2 Å². The summed E-state index contributed by atoms with van der Waals surface area (Å²) in [6, 6.07) is 7.46. The van der Waals surface area contributed by atoms with E-state index in [-0.39, 0.29) is 13.0 Å². The highest BCUT2D eigenvalue weighted by Crippen LogP contribution is 2.61. The number of hydrogen-bond acceptors (Lipinski definition) is 3. The molecule has 0 spiro atoms. The zero-order chi connectivity index (χ0) is 11.4. The lowest BCUT2D eigenvalue weighted by molar-refractivity contribution is 0.0896. The fraction of sp³-hybridized carbons (Fsp3) is 0.364. The molecule has 1 unspecified atom stereocenters.